The second kappa shape index (κ2) is 6.93. The number of rotatable bonds is 6. The molecule has 0 aliphatic carbocycles. The molecule has 0 aromatic heterocycles. The van der Waals surface area contributed by atoms with E-state index >= 15 is 0 Å². The standard InChI is InChI=1S/C17H18O5S/c1-12-4-10-16(11-5-12)23(19,20)22-13(2)17(18)14-6-8-15(21-3)9-7-14/h4-11,13H,1-3H3/t13-/m1/s1. The maximum Gasteiger partial charge on any atom is 0.297 e. The van der Waals surface area contributed by atoms with Crippen LogP contribution in [0.1, 0.15) is 22.8 Å². The van der Waals surface area contributed by atoms with Gasteiger partial charge in [-0.2, -0.15) is 8.42 Å². The normalized spacial score (nSPS) is 12.7. The van der Waals surface area contributed by atoms with Crippen LogP contribution in [0, 0.1) is 6.92 Å². The Bertz CT molecular complexity index is 777. The van der Waals surface area contributed by atoms with Gasteiger partial charge in [0.25, 0.3) is 10.1 Å². The minimum atomic E-state index is -3.99. The Morgan fingerprint density at radius 3 is 2.09 bits per heavy atom. The molecule has 0 saturated heterocycles. The third-order valence-corrected chi connectivity index (χ3v) is 4.72. The second-order valence-corrected chi connectivity index (χ2v) is 6.67. The van der Waals surface area contributed by atoms with E-state index in [0.717, 1.165) is 5.56 Å². The summed E-state index contributed by atoms with van der Waals surface area (Å²) in [5.74, 6) is 0.200. The van der Waals surface area contributed by atoms with Crippen LogP contribution < -0.4 is 4.74 Å². The first-order valence-electron chi connectivity index (χ1n) is 7.02. The topological polar surface area (TPSA) is 69.7 Å². The first-order chi connectivity index (χ1) is 10.8. The molecule has 2 aromatic carbocycles. The van der Waals surface area contributed by atoms with Crippen molar-refractivity contribution in [3.05, 3.63) is 59.7 Å². The number of methoxy groups -OCH3 is 1. The van der Waals surface area contributed by atoms with Gasteiger partial charge in [0.05, 0.1) is 12.0 Å². The molecule has 0 unspecified atom stereocenters. The Labute approximate surface area is 136 Å². The van der Waals surface area contributed by atoms with Gasteiger partial charge in [0.2, 0.25) is 0 Å². The third-order valence-electron chi connectivity index (χ3n) is 3.32. The summed E-state index contributed by atoms with van der Waals surface area (Å²) in [6.45, 7) is 3.27. The van der Waals surface area contributed by atoms with Crippen LogP contribution in [-0.4, -0.2) is 27.4 Å². The molecule has 0 heterocycles. The van der Waals surface area contributed by atoms with Crippen molar-refractivity contribution in [3.63, 3.8) is 0 Å². The van der Waals surface area contributed by atoms with Crippen molar-refractivity contribution in [2.45, 2.75) is 24.8 Å². The zero-order valence-corrected chi connectivity index (χ0v) is 14.0. The minimum Gasteiger partial charge on any atom is -0.497 e. The van der Waals surface area contributed by atoms with Gasteiger partial charge in [0.15, 0.2) is 5.78 Å². The van der Waals surface area contributed by atoms with Gasteiger partial charge in [-0.3, -0.25) is 8.98 Å². The number of hydrogen-bond acceptors (Lipinski definition) is 5. The second-order valence-electron chi connectivity index (χ2n) is 5.10. The van der Waals surface area contributed by atoms with Crippen molar-refractivity contribution in [2.24, 2.45) is 0 Å². The molecule has 0 aliphatic rings. The summed E-state index contributed by atoms with van der Waals surface area (Å²) in [4.78, 5) is 12.3. The molecule has 2 rings (SSSR count). The number of benzene rings is 2. The minimum absolute atomic E-state index is 0.0254. The highest BCUT2D eigenvalue weighted by molar-refractivity contribution is 7.86. The zero-order chi connectivity index (χ0) is 17.0. The molecule has 1 atom stereocenters. The molecular weight excluding hydrogens is 316 g/mol. The van der Waals surface area contributed by atoms with E-state index in [1.165, 1.54) is 26.2 Å². The lowest BCUT2D eigenvalue weighted by molar-refractivity contribution is 0.0825. The van der Waals surface area contributed by atoms with Crippen LogP contribution in [0.5, 0.6) is 5.75 Å². The summed E-state index contributed by atoms with van der Waals surface area (Å²) in [7, 11) is -2.46. The lowest BCUT2D eigenvalue weighted by atomic mass is 10.1. The van der Waals surface area contributed by atoms with Crippen molar-refractivity contribution in [3.8, 4) is 5.75 Å². The van der Waals surface area contributed by atoms with Crippen molar-refractivity contribution in [1.82, 2.24) is 0 Å². The Hall–Kier alpha value is -2.18. The zero-order valence-electron chi connectivity index (χ0n) is 13.1. The SMILES string of the molecule is COc1ccc(C(=O)[C@@H](C)OS(=O)(=O)c2ccc(C)cc2)cc1. The quantitative estimate of drug-likeness (QED) is 0.600. The van der Waals surface area contributed by atoms with Crippen molar-refractivity contribution < 1.29 is 22.1 Å². The summed E-state index contributed by atoms with van der Waals surface area (Å²) < 4.78 is 34.4. The molecule has 6 heteroatoms. The van der Waals surface area contributed by atoms with Gasteiger partial charge in [-0.15, -0.1) is 0 Å². The molecule has 23 heavy (non-hydrogen) atoms. The monoisotopic (exact) mass is 334 g/mol. The molecular formula is C17H18O5S. The van der Waals surface area contributed by atoms with Crippen LogP contribution in [0.3, 0.4) is 0 Å². The molecule has 0 N–H and O–H groups in total. The fraction of sp³-hybridized carbons (Fsp3) is 0.235. The molecule has 0 bridgehead atoms. The van der Waals surface area contributed by atoms with E-state index in [4.69, 9.17) is 8.92 Å². The third kappa shape index (κ3) is 4.18. The Kier molecular flexibility index (Phi) is 5.18. The number of ketones is 1. The number of carbonyl (C=O) groups excluding carboxylic acids is 1. The van der Waals surface area contributed by atoms with Crippen LogP contribution in [0.25, 0.3) is 0 Å². The van der Waals surface area contributed by atoms with Gasteiger partial charge in [-0.05, 0) is 50.2 Å². The number of hydrogen-bond donors (Lipinski definition) is 0. The predicted octanol–water partition coefficient (Wildman–Crippen LogP) is 2.98. The summed E-state index contributed by atoms with van der Waals surface area (Å²) in [6, 6.07) is 12.7. The Morgan fingerprint density at radius 2 is 1.57 bits per heavy atom. The molecule has 5 nitrogen and oxygen atoms in total. The van der Waals surface area contributed by atoms with E-state index in [9.17, 15) is 13.2 Å². The molecule has 2 aromatic rings. The highest BCUT2D eigenvalue weighted by atomic mass is 32.2. The van der Waals surface area contributed by atoms with E-state index in [2.05, 4.69) is 0 Å². The molecule has 0 spiro atoms. The molecule has 0 amide bonds. The number of aryl methyl sites for hydroxylation is 1. The molecule has 0 saturated carbocycles. The van der Waals surface area contributed by atoms with Crippen molar-refractivity contribution in [1.29, 1.82) is 0 Å². The van der Waals surface area contributed by atoms with E-state index in [-0.39, 0.29) is 4.90 Å². The van der Waals surface area contributed by atoms with Gasteiger partial charge >= 0.3 is 0 Å². The van der Waals surface area contributed by atoms with Crippen molar-refractivity contribution >= 4 is 15.9 Å². The summed E-state index contributed by atoms with van der Waals surface area (Å²) >= 11 is 0. The van der Waals surface area contributed by atoms with Crippen LogP contribution in [0.15, 0.2) is 53.4 Å². The van der Waals surface area contributed by atoms with E-state index in [1.807, 2.05) is 6.92 Å². The average molecular weight is 334 g/mol. The van der Waals surface area contributed by atoms with Gasteiger partial charge < -0.3 is 4.74 Å². The fourth-order valence-corrected chi connectivity index (χ4v) is 3.03. The van der Waals surface area contributed by atoms with Gasteiger partial charge in [-0.1, -0.05) is 17.7 Å². The molecule has 122 valence electrons. The average Bonchev–Trinajstić information content (AvgIpc) is 2.54. The van der Waals surface area contributed by atoms with Crippen LogP contribution in [0.4, 0.5) is 0 Å². The lowest BCUT2D eigenvalue weighted by Crippen LogP contribution is -2.24. The van der Waals surface area contributed by atoms with Crippen LogP contribution in [-0.2, 0) is 14.3 Å². The molecule has 0 fully saturated rings. The summed E-state index contributed by atoms with van der Waals surface area (Å²) in [6.07, 6.45) is -1.12. The smallest absolute Gasteiger partial charge is 0.297 e. The van der Waals surface area contributed by atoms with E-state index in [1.54, 1.807) is 36.4 Å². The number of carbonyl (C=O) groups is 1. The van der Waals surface area contributed by atoms with Crippen molar-refractivity contribution in [2.75, 3.05) is 7.11 Å². The predicted molar refractivity (Wildman–Crippen MR) is 86.2 cm³/mol. The van der Waals surface area contributed by atoms with E-state index < -0.39 is 22.0 Å². The molecule has 0 radical (unpaired) electrons. The Balaban J connectivity index is 2.14. The van der Waals surface area contributed by atoms with Crippen LogP contribution in [0.2, 0.25) is 0 Å². The molecule has 0 aliphatic heterocycles. The van der Waals surface area contributed by atoms with Gasteiger partial charge in [0, 0.05) is 5.56 Å². The first-order valence-corrected chi connectivity index (χ1v) is 8.42. The highest BCUT2D eigenvalue weighted by Crippen LogP contribution is 2.18. The lowest BCUT2D eigenvalue weighted by Gasteiger charge is -2.12. The maximum absolute atomic E-state index is 12.3. The number of Topliss-reactive ketones (excluding diaryl/α,β-unsaturated/α-hetero) is 1. The number of ether oxygens (including phenoxy) is 1. The first kappa shape index (κ1) is 17.2. The maximum atomic E-state index is 12.3. The van der Waals surface area contributed by atoms with Gasteiger partial charge in [0.1, 0.15) is 11.9 Å². The Morgan fingerprint density at radius 1 is 1.00 bits per heavy atom. The van der Waals surface area contributed by atoms with E-state index in [0.29, 0.717) is 11.3 Å². The summed E-state index contributed by atoms with van der Waals surface area (Å²) in [5.41, 5.74) is 1.30. The van der Waals surface area contributed by atoms with Gasteiger partial charge in [-0.25, -0.2) is 0 Å². The largest absolute Gasteiger partial charge is 0.497 e. The highest BCUT2D eigenvalue weighted by Gasteiger charge is 2.24. The fourth-order valence-electron chi connectivity index (χ4n) is 1.98. The summed E-state index contributed by atoms with van der Waals surface area (Å²) in [5, 5.41) is 0. The van der Waals surface area contributed by atoms with Crippen LogP contribution >= 0.6 is 0 Å².